The third-order valence-corrected chi connectivity index (χ3v) is 4.54. The third kappa shape index (κ3) is 3.37. The fourth-order valence-corrected chi connectivity index (χ4v) is 2.92. The average molecular weight is 333 g/mol. The molecule has 3 heterocycles. The molecule has 2 aromatic rings. The third-order valence-electron chi connectivity index (χ3n) is 4.54. The monoisotopic (exact) mass is 333 g/mol. The van der Waals surface area contributed by atoms with Gasteiger partial charge in [-0.05, 0) is 13.8 Å². The van der Waals surface area contributed by atoms with Crippen LogP contribution >= 0.6 is 0 Å². The molecule has 3 rings (SSSR count). The maximum absolute atomic E-state index is 6.01. The van der Waals surface area contributed by atoms with Crippen molar-refractivity contribution in [2.75, 3.05) is 19.7 Å². The van der Waals surface area contributed by atoms with Gasteiger partial charge < -0.3 is 13.7 Å². The van der Waals surface area contributed by atoms with Crippen molar-refractivity contribution in [1.29, 1.82) is 0 Å². The molecule has 1 fully saturated rings. The number of ether oxygens (including phenoxy) is 1. The van der Waals surface area contributed by atoms with Crippen LogP contribution < -0.4 is 0 Å². The SMILES string of the molecule is CCn1cnnc1[C@@H]1CN([C@@H](C)c2ncc(C(C)(C)C)o2)CCO1. The Labute approximate surface area is 143 Å². The topological polar surface area (TPSA) is 69.2 Å². The van der Waals surface area contributed by atoms with Gasteiger partial charge in [0.25, 0.3) is 0 Å². The van der Waals surface area contributed by atoms with Crippen molar-refractivity contribution in [3.8, 4) is 0 Å². The molecule has 1 saturated heterocycles. The van der Waals surface area contributed by atoms with Crippen molar-refractivity contribution in [2.45, 2.75) is 58.7 Å². The highest BCUT2D eigenvalue weighted by molar-refractivity contribution is 5.08. The first kappa shape index (κ1) is 17.1. The first-order valence-corrected chi connectivity index (χ1v) is 8.59. The molecule has 132 valence electrons. The van der Waals surface area contributed by atoms with Gasteiger partial charge in [-0.3, -0.25) is 4.90 Å². The summed E-state index contributed by atoms with van der Waals surface area (Å²) < 4.78 is 14.0. The first-order valence-electron chi connectivity index (χ1n) is 8.59. The molecule has 7 nitrogen and oxygen atoms in total. The summed E-state index contributed by atoms with van der Waals surface area (Å²) in [5, 5.41) is 8.25. The maximum atomic E-state index is 6.01. The lowest BCUT2D eigenvalue weighted by molar-refractivity contribution is -0.0519. The Hall–Kier alpha value is -1.73. The molecule has 0 unspecified atom stereocenters. The molecule has 0 radical (unpaired) electrons. The minimum absolute atomic E-state index is 0.0317. The molecule has 1 aliphatic heterocycles. The highest BCUT2D eigenvalue weighted by Crippen LogP contribution is 2.30. The number of morpholine rings is 1. The zero-order valence-corrected chi connectivity index (χ0v) is 15.2. The van der Waals surface area contributed by atoms with Gasteiger partial charge >= 0.3 is 0 Å². The summed E-state index contributed by atoms with van der Waals surface area (Å²) in [4.78, 5) is 6.83. The van der Waals surface area contributed by atoms with Crippen LogP contribution in [0.2, 0.25) is 0 Å². The molecule has 2 atom stereocenters. The van der Waals surface area contributed by atoms with Gasteiger partial charge in [-0.1, -0.05) is 20.8 Å². The molecule has 0 N–H and O–H groups in total. The van der Waals surface area contributed by atoms with E-state index in [1.165, 1.54) is 0 Å². The molecular formula is C17H27N5O2. The summed E-state index contributed by atoms with van der Waals surface area (Å²) in [7, 11) is 0. The van der Waals surface area contributed by atoms with E-state index in [9.17, 15) is 0 Å². The summed E-state index contributed by atoms with van der Waals surface area (Å²) in [5.41, 5.74) is -0.0317. The second-order valence-corrected chi connectivity index (χ2v) is 7.32. The summed E-state index contributed by atoms with van der Waals surface area (Å²) in [6.07, 6.45) is 3.53. The van der Waals surface area contributed by atoms with E-state index >= 15 is 0 Å². The lowest BCUT2D eigenvalue weighted by Crippen LogP contribution is -2.40. The Morgan fingerprint density at radius 1 is 1.38 bits per heavy atom. The Bertz CT molecular complexity index is 673. The molecule has 0 spiro atoms. The molecule has 7 heteroatoms. The second-order valence-electron chi connectivity index (χ2n) is 7.32. The lowest BCUT2D eigenvalue weighted by Gasteiger charge is -2.35. The van der Waals surface area contributed by atoms with E-state index in [0.717, 1.165) is 37.1 Å². The Balaban J connectivity index is 1.73. The number of rotatable bonds is 4. The Kier molecular flexibility index (Phi) is 4.73. The predicted octanol–water partition coefficient (Wildman–Crippen LogP) is 2.72. The smallest absolute Gasteiger partial charge is 0.211 e. The quantitative estimate of drug-likeness (QED) is 0.857. The van der Waals surface area contributed by atoms with Crippen molar-refractivity contribution >= 4 is 0 Å². The molecule has 2 aromatic heterocycles. The summed E-state index contributed by atoms with van der Waals surface area (Å²) in [6.45, 7) is 13.7. The van der Waals surface area contributed by atoms with E-state index in [1.807, 2.05) is 10.8 Å². The normalized spacial score (nSPS) is 21.1. The Morgan fingerprint density at radius 3 is 2.83 bits per heavy atom. The van der Waals surface area contributed by atoms with Gasteiger partial charge in [0.1, 0.15) is 18.2 Å². The van der Waals surface area contributed by atoms with Crippen molar-refractivity contribution in [1.82, 2.24) is 24.6 Å². The van der Waals surface area contributed by atoms with Crippen LogP contribution in [0.15, 0.2) is 16.9 Å². The van der Waals surface area contributed by atoms with Crippen molar-refractivity contribution in [2.24, 2.45) is 0 Å². The van der Waals surface area contributed by atoms with Crippen LogP contribution in [0.5, 0.6) is 0 Å². The number of aromatic nitrogens is 4. The number of aryl methyl sites for hydroxylation is 1. The highest BCUT2D eigenvalue weighted by Gasteiger charge is 2.31. The minimum atomic E-state index is -0.0688. The first-order chi connectivity index (χ1) is 11.4. The zero-order chi connectivity index (χ0) is 17.3. The molecule has 0 amide bonds. The molecule has 0 bridgehead atoms. The Morgan fingerprint density at radius 2 is 2.17 bits per heavy atom. The molecule has 1 aliphatic rings. The van der Waals surface area contributed by atoms with Crippen LogP contribution in [0.25, 0.3) is 0 Å². The largest absolute Gasteiger partial charge is 0.443 e. The van der Waals surface area contributed by atoms with Gasteiger partial charge in [-0.15, -0.1) is 10.2 Å². The fourth-order valence-electron chi connectivity index (χ4n) is 2.92. The number of nitrogens with zero attached hydrogens (tertiary/aromatic N) is 5. The van der Waals surface area contributed by atoms with E-state index in [1.54, 1.807) is 6.33 Å². The lowest BCUT2D eigenvalue weighted by atomic mass is 9.94. The van der Waals surface area contributed by atoms with Crippen LogP contribution in [0, 0.1) is 0 Å². The molecule has 0 aromatic carbocycles. The van der Waals surface area contributed by atoms with E-state index in [0.29, 0.717) is 6.61 Å². The van der Waals surface area contributed by atoms with Gasteiger partial charge in [0.2, 0.25) is 5.89 Å². The van der Waals surface area contributed by atoms with Gasteiger partial charge in [-0.2, -0.15) is 0 Å². The van der Waals surface area contributed by atoms with Crippen molar-refractivity contribution in [3.05, 3.63) is 30.0 Å². The fraction of sp³-hybridized carbons (Fsp3) is 0.706. The number of hydrogen-bond acceptors (Lipinski definition) is 6. The summed E-state index contributed by atoms with van der Waals surface area (Å²) in [6, 6.07) is 0.102. The van der Waals surface area contributed by atoms with E-state index in [-0.39, 0.29) is 17.6 Å². The van der Waals surface area contributed by atoms with Crippen LogP contribution in [0.1, 0.15) is 64.2 Å². The van der Waals surface area contributed by atoms with Gasteiger partial charge in [0.05, 0.1) is 18.8 Å². The predicted molar refractivity (Wildman–Crippen MR) is 89.6 cm³/mol. The van der Waals surface area contributed by atoms with Gasteiger partial charge in [0.15, 0.2) is 5.82 Å². The van der Waals surface area contributed by atoms with Crippen LogP contribution in [-0.2, 0) is 16.7 Å². The average Bonchev–Trinajstić information content (AvgIpc) is 3.22. The van der Waals surface area contributed by atoms with Crippen LogP contribution in [0.4, 0.5) is 0 Å². The van der Waals surface area contributed by atoms with Gasteiger partial charge in [0, 0.05) is 25.0 Å². The minimum Gasteiger partial charge on any atom is -0.443 e. The van der Waals surface area contributed by atoms with E-state index in [4.69, 9.17) is 9.15 Å². The highest BCUT2D eigenvalue weighted by atomic mass is 16.5. The van der Waals surface area contributed by atoms with E-state index < -0.39 is 0 Å². The molecule has 0 saturated carbocycles. The van der Waals surface area contributed by atoms with Gasteiger partial charge in [-0.25, -0.2) is 4.98 Å². The maximum Gasteiger partial charge on any atom is 0.211 e. The molecule has 24 heavy (non-hydrogen) atoms. The second kappa shape index (κ2) is 6.64. The van der Waals surface area contributed by atoms with Crippen LogP contribution in [0.3, 0.4) is 0 Å². The van der Waals surface area contributed by atoms with Crippen molar-refractivity contribution in [3.63, 3.8) is 0 Å². The zero-order valence-electron chi connectivity index (χ0n) is 15.2. The standard InChI is InChI=1S/C17H27N5O2/c1-6-21-11-19-20-15(21)13-10-22(7-8-23-13)12(2)16-18-9-14(24-16)17(3,4)5/h9,11-13H,6-8,10H2,1-5H3/t12-,13-/m0/s1. The van der Waals surface area contributed by atoms with Crippen LogP contribution in [-0.4, -0.2) is 44.3 Å². The summed E-state index contributed by atoms with van der Waals surface area (Å²) in [5.74, 6) is 2.56. The van der Waals surface area contributed by atoms with Crippen molar-refractivity contribution < 1.29 is 9.15 Å². The number of hydrogen-bond donors (Lipinski definition) is 0. The number of oxazole rings is 1. The molecule has 0 aliphatic carbocycles. The summed E-state index contributed by atoms with van der Waals surface area (Å²) >= 11 is 0. The molecular weight excluding hydrogens is 306 g/mol. The van der Waals surface area contributed by atoms with E-state index in [2.05, 4.69) is 54.7 Å².